The molecule has 2 heterocycles. The van der Waals surface area contributed by atoms with Gasteiger partial charge in [-0.25, -0.2) is 4.79 Å². The van der Waals surface area contributed by atoms with Crippen molar-refractivity contribution in [3.63, 3.8) is 0 Å². The standard InChI is InChI=1S/C23H18F3N3O5S/c1-27-17-7-5-11(9-18(17)35-22(27)34)28-10-14(20(31)32)19(30)29(21(28)33)16-8-6-12-13(16)3-2-4-15(12)23(24,25)26/h2-5,7,9,14,16H,6,8,10H2,1H3,(H,31,32)/t14?,16-/m1/s1. The lowest BCUT2D eigenvalue weighted by Crippen LogP contribution is -2.59. The number of aryl methyl sites for hydroxylation is 1. The van der Waals surface area contributed by atoms with Gasteiger partial charge in [-0.15, -0.1) is 0 Å². The molecular formula is C23H18F3N3O5S. The number of anilines is 1. The molecular weight excluding hydrogens is 487 g/mol. The summed E-state index contributed by atoms with van der Waals surface area (Å²) in [6, 6.07) is 6.50. The lowest BCUT2D eigenvalue weighted by atomic mass is 9.98. The van der Waals surface area contributed by atoms with Crippen LogP contribution in [0.25, 0.3) is 10.2 Å². The van der Waals surface area contributed by atoms with E-state index in [0.29, 0.717) is 10.2 Å². The maximum atomic E-state index is 13.5. The molecule has 1 aromatic heterocycles. The van der Waals surface area contributed by atoms with Crippen LogP contribution < -0.4 is 9.77 Å². The molecule has 1 saturated heterocycles. The Hall–Kier alpha value is -3.67. The number of nitrogens with zero attached hydrogens (tertiary/aromatic N) is 3. The van der Waals surface area contributed by atoms with Gasteiger partial charge in [-0.2, -0.15) is 13.2 Å². The molecule has 1 aliphatic carbocycles. The molecule has 3 aromatic rings. The van der Waals surface area contributed by atoms with Crippen molar-refractivity contribution >= 4 is 45.1 Å². The highest BCUT2D eigenvalue weighted by molar-refractivity contribution is 7.16. The zero-order valence-electron chi connectivity index (χ0n) is 18.2. The van der Waals surface area contributed by atoms with Crippen molar-refractivity contribution in [1.82, 2.24) is 9.47 Å². The third-order valence-electron chi connectivity index (χ3n) is 6.58. The Morgan fingerprint density at radius 2 is 1.89 bits per heavy atom. The fourth-order valence-electron chi connectivity index (χ4n) is 4.87. The van der Waals surface area contributed by atoms with E-state index in [4.69, 9.17) is 0 Å². The molecule has 0 radical (unpaired) electrons. The Bertz CT molecular complexity index is 1460. The molecule has 0 spiro atoms. The molecule has 5 rings (SSSR count). The smallest absolute Gasteiger partial charge is 0.416 e. The fraction of sp³-hybridized carbons (Fsp3) is 0.304. The molecule has 182 valence electrons. The molecule has 3 amide bonds. The van der Waals surface area contributed by atoms with Crippen molar-refractivity contribution < 1.29 is 32.7 Å². The van der Waals surface area contributed by atoms with Crippen molar-refractivity contribution in [1.29, 1.82) is 0 Å². The van der Waals surface area contributed by atoms with Crippen LogP contribution in [-0.2, 0) is 29.2 Å². The predicted molar refractivity (Wildman–Crippen MR) is 120 cm³/mol. The van der Waals surface area contributed by atoms with E-state index in [9.17, 15) is 37.5 Å². The van der Waals surface area contributed by atoms with Gasteiger partial charge in [0.1, 0.15) is 0 Å². The second kappa shape index (κ2) is 7.94. The van der Waals surface area contributed by atoms with Gasteiger partial charge in [0.15, 0.2) is 5.92 Å². The monoisotopic (exact) mass is 505 g/mol. The summed E-state index contributed by atoms with van der Waals surface area (Å²) in [5, 5.41) is 9.70. The van der Waals surface area contributed by atoms with Gasteiger partial charge in [0.25, 0.3) is 0 Å². The van der Waals surface area contributed by atoms with Gasteiger partial charge in [-0.05, 0) is 48.2 Å². The van der Waals surface area contributed by atoms with E-state index < -0.39 is 48.2 Å². The number of rotatable bonds is 3. The van der Waals surface area contributed by atoms with Crippen LogP contribution in [0.2, 0.25) is 0 Å². The third-order valence-corrected chi connectivity index (χ3v) is 7.57. The molecule has 1 unspecified atom stereocenters. The fourth-order valence-corrected chi connectivity index (χ4v) is 5.79. The maximum absolute atomic E-state index is 13.5. The first kappa shape index (κ1) is 23.1. The summed E-state index contributed by atoms with van der Waals surface area (Å²) in [6.45, 7) is -0.432. The number of hydrogen-bond acceptors (Lipinski definition) is 5. The highest BCUT2D eigenvalue weighted by atomic mass is 32.1. The van der Waals surface area contributed by atoms with Gasteiger partial charge in [-0.3, -0.25) is 24.2 Å². The normalized spacial score (nSPS) is 20.6. The van der Waals surface area contributed by atoms with Gasteiger partial charge >= 0.3 is 23.0 Å². The second-order valence-electron chi connectivity index (χ2n) is 8.50. The zero-order valence-corrected chi connectivity index (χ0v) is 19.0. The number of carbonyl (C=O) groups excluding carboxylic acids is 2. The highest BCUT2D eigenvalue weighted by Crippen LogP contribution is 2.44. The summed E-state index contributed by atoms with van der Waals surface area (Å²) in [6.07, 6.45) is -4.55. The SMILES string of the molecule is Cn1c(=O)sc2cc(N3CC(C(=O)O)C(=O)N([C@@H]4CCc5c4cccc5C(F)(F)F)C3=O)ccc21. The molecule has 12 heteroatoms. The number of carboxylic acids is 1. The summed E-state index contributed by atoms with van der Waals surface area (Å²) >= 11 is 0.953. The molecule has 2 atom stereocenters. The first-order chi connectivity index (χ1) is 16.5. The number of hydrogen-bond donors (Lipinski definition) is 1. The Labute approximate surface area is 199 Å². The molecule has 8 nitrogen and oxygen atoms in total. The Morgan fingerprint density at radius 3 is 2.57 bits per heavy atom. The lowest BCUT2D eigenvalue weighted by Gasteiger charge is -2.40. The van der Waals surface area contributed by atoms with Crippen molar-refractivity contribution in [2.75, 3.05) is 11.4 Å². The number of alkyl halides is 3. The van der Waals surface area contributed by atoms with Crippen molar-refractivity contribution in [2.24, 2.45) is 13.0 Å². The Kier molecular flexibility index (Phi) is 5.24. The van der Waals surface area contributed by atoms with Crippen molar-refractivity contribution in [3.05, 3.63) is 62.8 Å². The topological polar surface area (TPSA) is 99.9 Å². The second-order valence-corrected chi connectivity index (χ2v) is 9.49. The van der Waals surface area contributed by atoms with Crippen LogP contribution in [0, 0.1) is 5.92 Å². The van der Waals surface area contributed by atoms with Crippen LogP contribution in [0.3, 0.4) is 0 Å². The third kappa shape index (κ3) is 3.59. The highest BCUT2D eigenvalue weighted by Gasteiger charge is 2.49. The van der Waals surface area contributed by atoms with Crippen LogP contribution >= 0.6 is 11.3 Å². The number of fused-ring (bicyclic) bond motifs is 2. The van der Waals surface area contributed by atoms with Crippen molar-refractivity contribution in [2.45, 2.75) is 25.1 Å². The first-order valence-electron chi connectivity index (χ1n) is 10.6. The maximum Gasteiger partial charge on any atom is 0.416 e. The minimum atomic E-state index is -4.60. The average molecular weight is 505 g/mol. The average Bonchev–Trinajstić information content (AvgIpc) is 3.33. The van der Waals surface area contributed by atoms with Crippen LogP contribution in [0.1, 0.15) is 29.2 Å². The van der Waals surface area contributed by atoms with Gasteiger partial charge in [0.05, 0.1) is 21.8 Å². The summed E-state index contributed by atoms with van der Waals surface area (Å²) in [5.74, 6) is -3.99. The number of aromatic nitrogens is 1. The molecule has 0 saturated carbocycles. The lowest BCUT2D eigenvalue weighted by molar-refractivity contribution is -0.151. The van der Waals surface area contributed by atoms with Gasteiger partial charge < -0.3 is 9.67 Å². The minimum absolute atomic E-state index is 0.00470. The molecule has 0 bridgehead atoms. The van der Waals surface area contributed by atoms with Crippen LogP contribution in [0.5, 0.6) is 0 Å². The quantitative estimate of drug-likeness (QED) is 0.547. The van der Waals surface area contributed by atoms with Gasteiger partial charge in [0.2, 0.25) is 5.91 Å². The van der Waals surface area contributed by atoms with Crippen LogP contribution in [-0.4, -0.2) is 39.0 Å². The number of amides is 3. The van der Waals surface area contributed by atoms with E-state index in [1.807, 2.05) is 0 Å². The van der Waals surface area contributed by atoms with E-state index in [1.165, 1.54) is 16.7 Å². The van der Waals surface area contributed by atoms with Gasteiger partial charge in [-0.1, -0.05) is 23.5 Å². The molecule has 35 heavy (non-hydrogen) atoms. The van der Waals surface area contributed by atoms with Crippen molar-refractivity contribution in [3.8, 4) is 0 Å². The minimum Gasteiger partial charge on any atom is -0.481 e. The number of urea groups is 1. The largest absolute Gasteiger partial charge is 0.481 e. The molecule has 1 N–H and O–H groups in total. The van der Waals surface area contributed by atoms with E-state index in [2.05, 4.69) is 0 Å². The summed E-state index contributed by atoms with van der Waals surface area (Å²) in [7, 11) is 1.60. The van der Waals surface area contributed by atoms with E-state index >= 15 is 0 Å². The Balaban J connectivity index is 1.59. The van der Waals surface area contributed by atoms with Gasteiger partial charge in [0, 0.05) is 19.3 Å². The predicted octanol–water partition coefficient (Wildman–Crippen LogP) is 3.78. The number of carboxylic acid groups (broad SMARTS) is 1. The van der Waals surface area contributed by atoms with E-state index in [1.54, 1.807) is 25.2 Å². The zero-order chi connectivity index (χ0) is 25.2. The summed E-state index contributed by atoms with van der Waals surface area (Å²) in [5.41, 5.74) is 0.274. The number of imide groups is 1. The first-order valence-corrected chi connectivity index (χ1v) is 11.5. The molecule has 2 aliphatic rings. The van der Waals surface area contributed by atoms with Crippen LogP contribution in [0.15, 0.2) is 41.2 Å². The molecule has 1 aliphatic heterocycles. The van der Waals surface area contributed by atoms with E-state index in [0.717, 1.165) is 27.2 Å². The number of halogens is 3. The number of carbonyl (C=O) groups is 3. The Morgan fingerprint density at radius 1 is 1.14 bits per heavy atom. The number of aliphatic carboxylic acids is 1. The molecule has 2 aromatic carbocycles. The van der Waals surface area contributed by atoms with E-state index in [-0.39, 0.29) is 34.5 Å². The molecule has 1 fully saturated rings. The summed E-state index contributed by atoms with van der Waals surface area (Å²) < 4.78 is 42.6. The van der Waals surface area contributed by atoms with Crippen LogP contribution in [0.4, 0.5) is 23.7 Å². The summed E-state index contributed by atoms with van der Waals surface area (Å²) in [4.78, 5) is 52.3. The number of benzene rings is 2. The number of thiazole rings is 1.